The summed E-state index contributed by atoms with van der Waals surface area (Å²) in [7, 11) is 0. The Kier molecular flexibility index (Phi) is 8.97. The molecule has 47 heavy (non-hydrogen) atoms. The Labute approximate surface area is 290 Å². The van der Waals surface area contributed by atoms with Crippen LogP contribution in [0.5, 0.6) is 11.8 Å². The maximum Gasteiger partial charge on any atom is 0.319 e. The van der Waals surface area contributed by atoms with Crippen LogP contribution in [-0.2, 0) is 4.74 Å². The highest BCUT2D eigenvalue weighted by molar-refractivity contribution is 14.2. The molecule has 0 radical (unpaired) electrons. The summed E-state index contributed by atoms with van der Waals surface area (Å²) in [6.45, 7) is 7.71. The van der Waals surface area contributed by atoms with Gasteiger partial charge in [-0.15, -0.1) is 0 Å². The fourth-order valence-corrected chi connectivity index (χ4v) is 8.77. The predicted molar refractivity (Wildman–Crippen MR) is 199 cm³/mol. The van der Waals surface area contributed by atoms with E-state index in [1.54, 1.807) is 0 Å². The summed E-state index contributed by atoms with van der Waals surface area (Å²) in [6.07, 6.45) is 9.96. The van der Waals surface area contributed by atoms with E-state index in [0.717, 1.165) is 83.3 Å². The van der Waals surface area contributed by atoms with Gasteiger partial charge in [0.05, 0.1) is 31.3 Å². The van der Waals surface area contributed by atoms with Crippen LogP contribution in [0.4, 0.5) is 5.82 Å². The first-order valence-electron chi connectivity index (χ1n) is 17.0. The number of ether oxygens (including phenoxy) is 3. The van der Waals surface area contributed by atoms with Crippen molar-refractivity contribution in [2.45, 2.75) is 76.9 Å². The van der Waals surface area contributed by atoms with Crippen LogP contribution in [0.2, 0.25) is 0 Å². The van der Waals surface area contributed by atoms with Crippen molar-refractivity contribution in [1.82, 2.24) is 19.5 Å². The Morgan fingerprint density at radius 1 is 0.936 bits per heavy atom. The minimum atomic E-state index is -0.195. The lowest BCUT2D eigenvalue weighted by Crippen LogP contribution is -2.31. The Morgan fingerprint density at radius 2 is 1.72 bits per heavy atom. The van der Waals surface area contributed by atoms with Crippen LogP contribution < -0.4 is 14.4 Å². The molecule has 2 aliphatic heterocycles. The number of halogens is 1. The third-order valence-corrected chi connectivity index (χ3v) is 11.8. The Balaban J connectivity index is 1.42. The maximum atomic E-state index is 7.23. The number of rotatable bonds is 9. The lowest BCUT2D eigenvalue weighted by molar-refractivity contribution is 0.0219. The van der Waals surface area contributed by atoms with Gasteiger partial charge in [0, 0.05) is 42.3 Å². The lowest BCUT2D eigenvalue weighted by atomic mass is 9.89. The molecule has 0 amide bonds. The fourth-order valence-electron chi connectivity index (χ4n) is 7.23. The zero-order valence-electron chi connectivity index (χ0n) is 27.0. The number of fused-ring (bicyclic) bond motifs is 2. The summed E-state index contributed by atoms with van der Waals surface area (Å²) < 4.78 is 21.6. The van der Waals surface area contributed by atoms with Crippen molar-refractivity contribution in [3.63, 3.8) is 0 Å². The SMILES string of the molecule is Cc1ccc2c(cnn2PI)c1-c1c(C2CC2)cc2c(N3CCCCC3)nc(OC3CCOCC3)nc2c1OC(C)c1ccccc1. The molecule has 3 fully saturated rings. The average Bonchev–Trinajstić information content (AvgIpc) is 3.88. The molecule has 2 unspecified atom stereocenters. The first-order valence-corrected chi connectivity index (χ1v) is 21.1. The molecule has 3 aromatic carbocycles. The van der Waals surface area contributed by atoms with Crippen molar-refractivity contribution < 1.29 is 14.2 Å². The molecule has 1 saturated carbocycles. The van der Waals surface area contributed by atoms with Crippen LogP contribution >= 0.6 is 28.4 Å². The van der Waals surface area contributed by atoms with Gasteiger partial charge in [0.15, 0.2) is 5.75 Å². The molecule has 3 aliphatic rings. The molecule has 244 valence electrons. The van der Waals surface area contributed by atoms with E-state index in [9.17, 15) is 0 Å². The van der Waals surface area contributed by atoms with Crippen molar-refractivity contribution in [3.8, 4) is 22.9 Å². The second kappa shape index (κ2) is 13.5. The second-order valence-electron chi connectivity index (χ2n) is 13.1. The van der Waals surface area contributed by atoms with Crippen molar-refractivity contribution >= 4 is 56.0 Å². The van der Waals surface area contributed by atoms with Gasteiger partial charge in [0.2, 0.25) is 0 Å². The van der Waals surface area contributed by atoms with Gasteiger partial charge in [0.25, 0.3) is 0 Å². The van der Waals surface area contributed by atoms with Crippen LogP contribution in [0.3, 0.4) is 0 Å². The Morgan fingerprint density at radius 3 is 2.47 bits per heavy atom. The number of anilines is 1. The Hall–Kier alpha value is -3.01. The molecule has 10 heteroatoms. The van der Waals surface area contributed by atoms with Gasteiger partial charge in [-0.1, -0.05) is 36.4 Å². The van der Waals surface area contributed by atoms with Crippen LogP contribution in [0.15, 0.2) is 54.7 Å². The van der Waals surface area contributed by atoms with E-state index in [2.05, 4.69) is 93.8 Å². The molecular weight excluding hydrogens is 720 g/mol. The number of benzene rings is 3. The number of nitrogens with zero attached hydrogens (tertiary/aromatic N) is 5. The molecular formula is C37H41IN5O3P. The van der Waals surface area contributed by atoms with Crippen LogP contribution in [0.25, 0.3) is 32.9 Å². The molecule has 0 bridgehead atoms. The van der Waals surface area contributed by atoms with E-state index >= 15 is 0 Å². The first kappa shape index (κ1) is 31.3. The highest BCUT2D eigenvalue weighted by atomic mass is 127. The third kappa shape index (κ3) is 6.19. The maximum absolute atomic E-state index is 7.23. The molecule has 2 aromatic heterocycles. The smallest absolute Gasteiger partial charge is 0.319 e. The normalized spacial score (nSPS) is 18.4. The van der Waals surface area contributed by atoms with Crippen LogP contribution in [0, 0.1) is 6.92 Å². The predicted octanol–water partition coefficient (Wildman–Crippen LogP) is 9.31. The van der Waals surface area contributed by atoms with E-state index < -0.39 is 0 Å². The van der Waals surface area contributed by atoms with Gasteiger partial charge < -0.3 is 19.1 Å². The fraction of sp³-hybridized carbons (Fsp3) is 0.432. The minimum absolute atomic E-state index is 0.0316. The van der Waals surface area contributed by atoms with Crippen LogP contribution in [-0.4, -0.2) is 51.9 Å². The standard InChI is InChI=1S/C37H41IN5O3P/c1-23-11-14-31-30(22-39-43(31)47-38)32(23)33-28(26-12-13-26)21-29-34(35(33)45-24(2)25-9-5-3-6-10-25)40-37(46-27-15-19-44-20-16-27)41-36(29)42-17-7-4-8-18-42/h3,5-6,9-11,14,21-22,24,26-27,47H,4,7-8,12-13,15-20H2,1-2H3. The molecule has 8 rings (SSSR count). The van der Waals surface area contributed by atoms with E-state index in [1.165, 1.54) is 36.0 Å². The van der Waals surface area contributed by atoms with E-state index in [1.807, 2.05) is 6.20 Å². The lowest BCUT2D eigenvalue weighted by Gasteiger charge is -2.31. The van der Waals surface area contributed by atoms with E-state index in [-0.39, 0.29) is 12.2 Å². The van der Waals surface area contributed by atoms with Gasteiger partial charge in [-0.05, 0) is 108 Å². The summed E-state index contributed by atoms with van der Waals surface area (Å²) in [5.41, 5.74) is 7.95. The molecule has 0 spiro atoms. The largest absolute Gasteiger partial charge is 0.483 e. The topological polar surface area (TPSA) is 74.5 Å². The van der Waals surface area contributed by atoms with E-state index in [0.29, 0.717) is 31.5 Å². The number of aryl methyl sites for hydroxylation is 1. The quantitative estimate of drug-likeness (QED) is 0.110. The molecule has 0 N–H and O–H groups in total. The third-order valence-electron chi connectivity index (χ3n) is 9.90. The number of hydrogen-bond donors (Lipinski definition) is 0. The number of aromatic nitrogens is 4. The molecule has 4 heterocycles. The van der Waals surface area contributed by atoms with Crippen molar-refractivity contribution in [1.29, 1.82) is 0 Å². The highest BCUT2D eigenvalue weighted by Crippen LogP contribution is 2.53. The van der Waals surface area contributed by atoms with Crippen molar-refractivity contribution in [3.05, 3.63) is 71.4 Å². The summed E-state index contributed by atoms with van der Waals surface area (Å²) in [5, 5.41) is 7.01. The number of hydrogen-bond acceptors (Lipinski definition) is 7. The molecule has 5 aromatic rings. The summed E-state index contributed by atoms with van der Waals surface area (Å²) >= 11 is 2.41. The van der Waals surface area contributed by atoms with Crippen molar-refractivity contribution in [2.75, 3.05) is 31.2 Å². The molecule has 8 nitrogen and oxygen atoms in total. The van der Waals surface area contributed by atoms with Gasteiger partial charge >= 0.3 is 6.01 Å². The summed E-state index contributed by atoms with van der Waals surface area (Å²) in [4.78, 5) is 12.9. The molecule has 2 saturated heterocycles. The summed E-state index contributed by atoms with van der Waals surface area (Å²) in [5.74, 6) is 2.25. The van der Waals surface area contributed by atoms with Gasteiger partial charge in [-0.3, -0.25) is 0 Å². The monoisotopic (exact) mass is 761 g/mol. The zero-order valence-corrected chi connectivity index (χ0v) is 30.2. The van der Waals surface area contributed by atoms with Gasteiger partial charge in [-0.2, -0.15) is 15.1 Å². The van der Waals surface area contributed by atoms with Gasteiger partial charge in [-0.25, -0.2) is 4.45 Å². The van der Waals surface area contributed by atoms with E-state index in [4.69, 9.17) is 29.3 Å². The minimum Gasteiger partial charge on any atom is -0.483 e. The Bertz CT molecular complexity index is 1900. The number of piperidine rings is 1. The van der Waals surface area contributed by atoms with Crippen LogP contribution in [0.1, 0.15) is 80.6 Å². The molecule has 1 aliphatic carbocycles. The highest BCUT2D eigenvalue weighted by Gasteiger charge is 2.34. The zero-order chi connectivity index (χ0) is 31.9. The average molecular weight is 762 g/mol. The van der Waals surface area contributed by atoms with Crippen molar-refractivity contribution in [2.24, 2.45) is 0 Å². The molecule has 2 atom stereocenters. The van der Waals surface area contributed by atoms with Gasteiger partial charge in [0.1, 0.15) is 23.5 Å². The summed E-state index contributed by atoms with van der Waals surface area (Å²) in [6, 6.07) is 17.8. The second-order valence-corrected chi connectivity index (χ2v) is 15.2. The first-order chi connectivity index (χ1) is 23.1.